The third-order valence-electron chi connectivity index (χ3n) is 4.70. The van der Waals surface area contributed by atoms with Gasteiger partial charge < -0.3 is 15.2 Å². The number of ether oxygens (including phenoxy) is 2. The molecule has 0 spiro atoms. The summed E-state index contributed by atoms with van der Waals surface area (Å²) >= 11 is 0. The quantitative estimate of drug-likeness (QED) is 0.339. The van der Waals surface area contributed by atoms with Gasteiger partial charge in [0.1, 0.15) is 22.4 Å². The number of nitrogens with two attached hydrogens (primary N) is 1. The van der Waals surface area contributed by atoms with E-state index in [4.69, 9.17) is 15.2 Å². The second-order valence-electron chi connectivity index (χ2n) is 7.06. The maximum atomic E-state index is 14.8. The number of methoxy groups -OCH3 is 1. The average molecular weight is 501 g/mol. The van der Waals surface area contributed by atoms with Crippen LogP contribution in [0.25, 0.3) is 11.3 Å². The Hall–Kier alpha value is -4.19. The molecule has 0 aliphatic rings. The highest BCUT2D eigenvalue weighted by Crippen LogP contribution is 2.35. The Morgan fingerprint density at radius 2 is 1.86 bits per heavy atom. The molecular formula is C23H18F3N5O3S. The highest BCUT2D eigenvalue weighted by atomic mass is 32.2. The first-order valence-corrected chi connectivity index (χ1v) is 11.3. The molecule has 1 unspecified atom stereocenters. The second-order valence-corrected chi connectivity index (χ2v) is 8.25. The maximum Gasteiger partial charge on any atom is 0.228 e. The summed E-state index contributed by atoms with van der Waals surface area (Å²) in [6, 6.07) is 12.0. The van der Waals surface area contributed by atoms with Crippen molar-refractivity contribution < 1.29 is 26.9 Å². The van der Waals surface area contributed by atoms with Gasteiger partial charge >= 0.3 is 0 Å². The number of aromatic nitrogens is 3. The lowest BCUT2D eigenvalue weighted by Gasteiger charge is -2.14. The molecule has 0 saturated heterocycles. The number of hydrogen-bond acceptors (Lipinski definition) is 7. The molecule has 1 atom stereocenters. The molecule has 2 aromatic heterocycles. The van der Waals surface area contributed by atoms with E-state index in [-0.39, 0.29) is 17.6 Å². The van der Waals surface area contributed by atoms with E-state index in [9.17, 15) is 17.4 Å². The van der Waals surface area contributed by atoms with Crippen molar-refractivity contribution in [2.24, 2.45) is 0 Å². The molecule has 35 heavy (non-hydrogen) atoms. The normalized spacial score (nSPS) is 11.7. The van der Waals surface area contributed by atoms with Crippen molar-refractivity contribution in [2.45, 2.75) is 5.75 Å². The van der Waals surface area contributed by atoms with Crippen molar-refractivity contribution in [1.82, 2.24) is 15.0 Å². The zero-order chi connectivity index (χ0) is 24.9. The average Bonchev–Trinajstić information content (AvgIpc) is 2.85. The van der Waals surface area contributed by atoms with Crippen molar-refractivity contribution in [3.8, 4) is 28.6 Å². The molecule has 0 aliphatic carbocycles. The number of nitrogen functional groups attached to an aromatic ring is 1. The molecule has 0 fully saturated rings. The van der Waals surface area contributed by atoms with Gasteiger partial charge in [0.2, 0.25) is 17.6 Å². The summed E-state index contributed by atoms with van der Waals surface area (Å²) < 4.78 is 69.4. The highest BCUT2D eigenvalue weighted by Gasteiger charge is 2.23. The lowest BCUT2D eigenvalue weighted by atomic mass is 10.2. The van der Waals surface area contributed by atoms with Crippen molar-refractivity contribution in [1.29, 1.82) is 0 Å². The van der Waals surface area contributed by atoms with Gasteiger partial charge in [-0.05, 0) is 35.9 Å². The van der Waals surface area contributed by atoms with Crippen LogP contribution in [0.3, 0.4) is 0 Å². The van der Waals surface area contributed by atoms with E-state index in [0.29, 0.717) is 28.6 Å². The molecule has 0 radical (unpaired) electrons. The highest BCUT2D eigenvalue weighted by molar-refractivity contribution is 7.85. The summed E-state index contributed by atoms with van der Waals surface area (Å²) in [5, 5.41) is 0. The number of anilines is 2. The van der Waals surface area contributed by atoms with Crippen molar-refractivity contribution in [3.63, 3.8) is 0 Å². The molecule has 0 saturated carbocycles. The largest absolute Gasteiger partial charge is 0.497 e. The fourth-order valence-corrected chi connectivity index (χ4v) is 4.07. The van der Waals surface area contributed by atoms with Crippen LogP contribution in [0.2, 0.25) is 0 Å². The van der Waals surface area contributed by atoms with Gasteiger partial charge in [0.15, 0.2) is 17.4 Å². The minimum Gasteiger partial charge on any atom is -0.497 e. The molecule has 2 heterocycles. The Labute approximate surface area is 200 Å². The Kier molecular flexibility index (Phi) is 7.11. The van der Waals surface area contributed by atoms with Gasteiger partial charge in [0, 0.05) is 18.5 Å². The minimum absolute atomic E-state index is 0.0158. The second kappa shape index (κ2) is 10.4. The predicted octanol–water partition coefficient (Wildman–Crippen LogP) is 4.61. The van der Waals surface area contributed by atoms with Crippen LogP contribution in [0, 0.1) is 17.5 Å². The molecule has 0 bridgehead atoms. The Morgan fingerprint density at radius 1 is 1.03 bits per heavy atom. The Bertz CT molecular complexity index is 1410. The van der Waals surface area contributed by atoms with Crippen LogP contribution in [-0.2, 0) is 16.7 Å². The number of benzene rings is 2. The fourth-order valence-electron chi connectivity index (χ4n) is 3.10. The topological polar surface area (TPSA) is 112 Å². The maximum absolute atomic E-state index is 14.8. The number of halogens is 3. The summed E-state index contributed by atoms with van der Waals surface area (Å²) in [4.78, 5) is 11.8. The molecule has 4 aromatic rings. The molecular weight excluding hydrogens is 483 g/mol. The standard InChI is InChI=1S/C23H18F3N5O3S/c1-33-14-5-2-4-13(10-14)12-35(32)31-21-16(24)11-18(19(25)20(21)26)34-22-15(6-3-8-28-22)17-7-9-29-23(27)30-17/h2-11,31H,12H2,1H3,(H2,27,29,30). The van der Waals surface area contributed by atoms with E-state index >= 15 is 0 Å². The van der Waals surface area contributed by atoms with E-state index in [0.717, 1.165) is 0 Å². The van der Waals surface area contributed by atoms with Gasteiger partial charge in [0.25, 0.3) is 0 Å². The number of nitrogens with one attached hydrogen (secondary N) is 1. The van der Waals surface area contributed by atoms with Gasteiger partial charge in [-0.1, -0.05) is 12.1 Å². The van der Waals surface area contributed by atoms with Gasteiger partial charge in [-0.2, -0.15) is 4.39 Å². The summed E-state index contributed by atoms with van der Waals surface area (Å²) in [6.45, 7) is 0. The zero-order valence-electron chi connectivity index (χ0n) is 18.2. The van der Waals surface area contributed by atoms with Crippen LogP contribution >= 0.6 is 0 Å². The van der Waals surface area contributed by atoms with Gasteiger partial charge in [-0.3, -0.25) is 4.72 Å². The summed E-state index contributed by atoms with van der Waals surface area (Å²) in [6.07, 6.45) is 2.76. The van der Waals surface area contributed by atoms with Crippen LogP contribution in [0.4, 0.5) is 24.8 Å². The first kappa shape index (κ1) is 24.0. The van der Waals surface area contributed by atoms with E-state index in [1.54, 1.807) is 36.4 Å². The van der Waals surface area contributed by atoms with Crippen molar-refractivity contribution in [2.75, 3.05) is 17.6 Å². The molecule has 2 aromatic carbocycles. The first-order chi connectivity index (χ1) is 16.9. The molecule has 4 rings (SSSR count). The third kappa shape index (κ3) is 5.49. The summed E-state index contributed by atoms with van der Waals surface area (Å²) in [7, 11) is -0.493. The Balaban J connectivity index is 1.58. The fraction of sp³-hybridized carbons (Fsp3) is 0.0870. The van der Waals surface area contributed by atoms with Crippen LogP contribution < -0.4 is 19.9 Å². The van der Waals surface area contributed by atoms with E-state index in [1.165, 1.54) is 25.6 Å². The lowest BCUT2D eigenvalue weighted by Crippen LogP contribution is -2.11. The minimum atomic E-state index is -1.97. The summed E-state index contributed by atoms with van der Waals surface area (Å²) in [5.74, 6) is -4.80. The predicted molar refractivity (Wildman–Crippen MR) is 125 cm³/mol. The van der Waals surface area contributed by atoms with Crippen LogP contribution in [0.15, 0.2) is 60.9 Å². The van der Waals surface area contributed by atoms with Crippen LogP contribution in [-0.4, -0.2) is 26.3 Å². The molecule has 0 amide bonds. The smallest absolute Gasteiger partial charge is 0.228 e. The number of pyridine rings is 1. The van der Waals surface area contributed by atoms with Gasteiger partial charge in [-0.15, -0.1) is 0 Å². The number of rotatable bonds is 8. The molecule has 8 nitrogen and oxygen atoms in total. The van der Waals surface area contributed by atoms with E-state index in [2.05, 4.69) is 19.7 Å². The number of hydrogen-bond donors (Lipinski definition) is 2. The van der Waals surface area contributed by atoms with Crippen molar-refractivity contribution in [3.05, 3.63) is 83.9 Å². The van der Waals surface area contributed by atoms with Gasteiger partial charge in [0.05, 0.1) is 24.1 Å². The molecule has 180 valence electrons. The van der Waals surface area contributed by atoms with Gasteiger partial charge in [-0.25, -0.2) is 27.9 Å². The van der Waals surface area contributed by atoms with Crippen LogP contribution in [0.5, 0.6) is 17.4 Å². The summed E-state index contributed by atoms with van der Waals surface area (Å²) in [5.41, 5.74) is 5.91. The third-order valence-corrected chi connectivity index (χ3v) is 5.73. The molecule has 0 aliphatic heterocycles. The Morgan fingerprint density at radius 3 is 2.63 bits per heavy atom. The van der Waals surface area contributed by atoms with Crippen LogP contribution in [0.1, 0.15) is 5.56 Å². The molecule has 3 N–H and O–H groups in total. The van der Waals surface area contributed by atoms with E-state index in [1.807, 2.05) is 0 Å². The van der Waals surface area contributed by atoms with Crippen molar-refractivity contribution >= 4 is 22.6 Å². The number of nitrogens with zero attached hydrogens (tertiary/aromatic N) is 3. The lowest BCUT2D eigenvalue weighted by molar-refractivity contribution is 0.401. The van der Waals surface area contributed by atoms with E-state index < -0.39 is 39.9 Å². The SMILES string of the molecule is COc1cccc(CS(=O)Nc2c(F)cc(Oc3ncccc3-c3ccnc(N)n3)c(F)c2F)c1. The molecule has 12 heteroatoms. The zero-order valence-corrected chi connectivity index (χ0v) is 19.0. The first-order valence-electron chi connectivity index (χ1n) is 10.0. The monoisotopic (exact) mass is 501 g/mol.